The van der Waals surface area contributed by atoms with Crippen molar-refractivity contribution < 1.29 is 42.5 Å². The van der Waals surface area contributed by atoms with Crippen molar-refractivity contribution in [3.8, 4) is 11.5 Å². The van der Waals surface area contributed by atoms with Crippen molar-refractivity contribution in [3.63, 3.8) is 0 Å². The zero-order chi connectivity index (χ0) is 26.1. The molecule has 0 aliphatic carbocycles. The average Bonchev–Trinajstić information content (AvgIpc) is 2.91. The monoisotopic (exact) mass is 504 g/mol. The number of hydrogen-bond donors (Lipinski definition) is 1. The second kappa shape index (κ2) is 12.8. The second-order valence-corrected chi connectivity index (χ2v) is 8.21. The molecule has 1 saturated heterocycles. The summed E-state index contributed by atoms with van der Waals surface area (Å²) in [6.07, 6.45) is 1.54. The Hall–Kier alpha value is -3.73. The Morgan fingerprint density at radius 2 is 1.97 bits per heavy atom. The van der Waals surface area contributed by atoms with Gasteiger partial charge in [0.25, 0.3) is 5.91 Å². The first-order chi connectivity index (χ1) is 17.3. The maximum absolute atomic E-state index is 13.2. The minimum atomic E-state index is -1.00. The van der Waals surface area contributed by atoms with Crippen molar-refractivity contribution in [3.05, 3.63) is 53.6 Å². The number of amides is 1. The summed E-state index contributed by atoms with van der Waals surface area (Å²) >= 11 is 0. The summed E-state index contributed by atoms with van der Waals surface area (Å²) in [5.41, 5.74) is 0.736. The molecule has 3 atom stereocenters. The molecule has 10 nitrogen and oxygen atoms in total. The lowest BCUT2D eigenvalue weighted by molar-refractivity contribution is -0.153. The lowest BCUT2D eigenvalue weighted by Crippen LogP contribution is -2.44. The summed E-state index contributed by atoms with van der Waals surface area (Å²) in [6.45, 7) is 3.05. The van der Waals surface area contributed by atoms with E-state index in [1.165, 1.54) is 38.4 Å². The first-order valence-corrected chi connectivity index (χ1v) is 11.4. The molecule has 0 unspecified atom stereocenters. The molecule has 0 spiro atoms. The maximum Gasteiger partial charge on any atom is 0.329 e. The number of ether oxygens (including phenoxy) is 5. The number of esters is 2. The van der Waals surface area contributed by atoms with Gasteiger partial charge in [-0.25, -0.2) is 14.2 Å². The number of hydrogen-bond acceptors (Lipinski definition) is 9. The molecule has 2 aromatic rings. The molecule has 2 heterocycles. The third-order valence-corrected chi connectivity index (χ3v) is 5.62. The van der Waals surface area contributed by atoms with Gasteiger partial charge in [0.1, 0.15) is 18.0 Å². The van der Waals surface area contributed by atoms with Crippen molar-refractivity contribution in [1.29, 1.82) is 0 Å². The van der Waals surface area contributed by atoms with Gasteiger partial charge >= 0.3 is 11.9 Å². The fraction of sp³-hybridized carbons (Fsp3) is 0.440. The van der Waals surface area contributed by atoms with E-state index in [1.807, 2.05) is 0 Å². The highest BCUT2D eigenvalue weighted by atomic mass is 19.1. The van der Waals surface area contributed by atoms with Crippen LogP contribution in [0.3, 0.4) is 0 Å². The Kier molecular flexibility index (Phi) is 9.57. The number of methoxy groups -OCH3 is 1. The molecule has 11 heteroatoms. The standard InChI is InChI=1S/C25H29FN2O8/c1-15-18(12-17-4-6-19(26)7-5-17)13-33-11-9-20(25(31)36-15)28-24(30)22-23(35-14-34-16(2)29)21(32-3)8-10-27-22/h4-8,10,15,18,20H,9,11-14H2,1-3H3,(H,28,30)/t15-,18+,20-/m0/s1. The van der Waals surface area contributed by atoms with E-state index in [-0.39, 0.29) is 42.0 Å². The molecule has 0 bridgehead atoms. The van der Waals surface area contributed by atoms with Gasteiger partial charge in [0.2, 0.25) is 6.79 Å². The summed E-state index contributed by atoms with van der Waals surface area (Å²) in [4.78, 5) is 41.1. The number of pyridine rings is 1. The number of cyclic esters (lactones) is 1. The zero-order valence-electron chi connectivity index (χ0n) is 20.3. The van der Waals surface area contributed by atoms with E-state index in [0.29, 0.717) is 13.0 Å². The summed E-state index contributed by atoms with van der Waals surface area (Å²) in [7, 11) is 1.38. The van der Waals surface area contributed by atoms with Gasteiger partial charge in [0, 0.05) is 38.1 Å². The predicted octanol–water partition coefficient (Wildman–Crippen LogP) is 2.44. The molecule has 1 amide bonds. The van der Waals surface area contributed by atoms with Gasteiger partial charge in [-0.05, 0) is 31.0 Å². The van der Waals surface area contributed by atoms with Crippen LogP contribution in [0.2, 0.25) is 0 Å². The highest BCUT2D eigenvalue weighted by Gasteiger charge is 2.31. The molecule has 1 fully saturated rings. The van der Waals surface area contributed by atoms with Crippen LogP contribution >= 0.6 is 0 Å². The Morgan fingerprint density at radius 3 is 2.67 bits per heavy atom. The lowest BCUT2D eigenvalue weighted by Gasteiger charge is -2.24. The largest absolute Gasteiger partial charge is 0.493 e. The lowest BCUT2D eigenvalue weighted by atomic mass is 9.95. The quantitative estimate of drug-likeness (QED) is 0.427. The number of benzene rings is 1. The number of aromatic nitrogens is 1. The Balaban J connectivity index is 1.69. The molecule has 0 saturated carbocycles. The molecule has 1 aliphatic rings. The minimum Gasteiger partial charge on any atom is -0.493 e. The molecule has 1 aliphatic heterocycles. The van der Waals surface area contributed by atoms with E-state index in [1.54, 1.807) is 19.1 Å². The van der Waals surface area contributed by atoms with Crippen molar-refractivity contribution in [1.82, 2.24) is 10.3 Å². The van der Waals surface area contributed by atoms with Crippen LogP contribution in [0.1, 0.15) is 36.3 Å². The Morgan fingerprint density at radius 1 is 1.22 bits per heavy atom. The molecule has 1 aromatic carbocycles. The summed E-state index contributed by atoms with van der Waals surface area (Å²) in [5, 5.41) is 2.62. The first-order valence-electron chi connectivity index (χ1n) is 11.4. The van der Waals surface area contributed by atoms with Crippen molar-refractivity contribution >= 4 is 17.8 Å². The third kappa shape index (κ3) is 7.38. The molecule has 3 rings (SSSR count). The topological polar surface area (TPSA) is 122 Å². The molecule has 0 radical (unpaired) electrons. The predicted molar refractivity (Wildman–Crippen MR) is 124 cm³/mol. The Bertz CT molecular complexity index is 1060. The minimum absolute atomic E-state index is 0.0424. The van der Waals surface area contributed by atoms with E-state index in [0.717, 1.165) is 5.56 Å². The van der Waals surface area contributed by atoms with Crippen LogP contribution in [0.5, 0.6) is 11.5 Å². The smallest absolute Gasteiger partial charge is 0.329 e. The second-order valence-electron chi connectivity index (χ2n) is 8.21. The van der Waals surface area contributed by atoms with Crippen LogP contribution in [-0.2, 0) is 30.2 Å². The van der Waals surface area contributed by atoms with Crippen LogP contribution in [0, 0.1) is 11.7 Å². The molecular formula is C25H29FN2O8. The number of nitrogens with one attached hydrogen (secondary N) is 1. The van der Waals surface area contributed by atoms with Crippen molar-refractivity contribution in [2.24, 2.45) is 5.92 Å². The van der Waals surface area contributed by atoms with Crippen LogP contribution in [0.15, 0.2) is 36.5 Å². The molecule has 36 heavy (non-hydrogen) atoms. The van der Waals surface area contributed by atoms with E-state index in [9.17, 15) is 18.8 Å². The van der Waals surface area contributed by atoms with Crippen LogP contribution < -0.4 is 14.8 Å². The van der Waals surface area contributed by atoms with Crippen molar-refractivity contribution in [2.75, 3.05) is 27.1 Å². The van der Waals surface area contributed by atoms with Gasteiger partial charge in [0.15, 0.2) is 17.2 Å². The van der Waals surface area contributed by atoms with Gasteiger partial charge < -0.3 is 29.0 Å². The summed E-state index contributed by atoms with van der Waals surface area (Å²) in [5.74, 6) is -2.22. The fourth-order valence-electron chi connectivity index (χ4n) is 3.62. The van der Waals surface area contributed by atoms with E-state index >= 15 is 0 Å². The maximum atomic E-state index is 13.2. The number of carbonyl (C=O) groups excluding carboxylic acids is 3. The number of halogens is 1. The number of nitrogens with zero attached hydrogens (tertiary/aromatic N) is 1. The van der Waals surface area contributed by atoms with Gasteiger partial charge in [-0.2, -0.15) is 0 Å². The SMILES string of the molecule is COc1ccnc(C(=O)N[C@H]2CCOC[C@@H](Cc3ccc(F)cc3)[C@H](C)OC2=O)c1OCOC(C)=O. The summed E-state index contributed by atoms with van der Waals surface area (Å²) < 4.78 is 40.1. The van der Waals surface area contributed by atoms with Gasteiger partial charge in [0.05, 0.1) is 13.7 Å². The highest BCUT2D eigenvalue weighted by molar-refractivity contribution is 5.98. The Labute approximate surface area is 208 Å². The van der Waals surface area contributed by atoms with E-state index < -0.39 is 36.8 Å². The van der Waals surface area contributed by atoms with Crippen LogP contribution in [0.4, 0.5) is 4.39 Å². The molecule has 194 valence electrons. The average molecular weight is 505 g/mol. The molecular weight excluding hydrogens is 475 g/mol. The molecule has 1 N–H and O–H groups in total. The zero-order valence-corrected chi connectivity index (χ0v) is 20.3. The number of carbonyl (C=O) groups is 3. The van der Waals surface area contributed by atoms with Crippen molar-refractivity contribution in [2.45, 2.75) is 38.8 Å². The van der Waals surface area contributed by atoms with Gasteiger partial charge in [-0.15, -0.1) is 0 Å². The third-order valence-electron chi connectivity index (χ3n) is 5.62. The van der Waals surface area contributed by atoms with Crippen LogP contribution in [0.25, 0.3) is 0 Å². The molecule has 1 aromatic heterocycles. The number of rotatable bonds is 8. The van der Waals surface area contributed by atoms with Gasteiger partial charge in [-0.3, -0.25) is 9.59 Å². The van der Waals surface area contributed by atoms with E-state index in [4.69, 9.17) is 23.7 Å². The highest BCUT2D eigenvalue weighted by Crippen LogP contribution is 2.29. The van der Waals surface area contributed by atoms with Gasteiger partial charge in [-0.1, -0.05) is 12.1 Å². The first kappa shape index (κ1) is 26.9. The fourth-order valence-corrected chi connectivity index (χ4v) is 3.62. The van der Waals surface area contributed by atoms with E-state index in [2.05, 4.69) is 10.3 Å². The normalized spacial score (nSPS) is 20.2. The van der Waals surface area contributed by atoms with Crippen LogP contribution in [-0.4, -0.2) is 62.1 Å². The summed E-state index contributed by atoms with van der Waals surface area (Å²) in [6, 6.07) is 6.60.